The molecule has 26 heavy (non-hydrogen) atoms. The first-order valence-corrected chi connectivity index (χ1v) is 8.78. The number of benzene rings is 1. The van der Waals surface area contributed by atoms with Gasteiger partial charge in [0, 0.05) is 32.0 Å². The van der Waals surface area contributed by atoms with Crippen LogP contribution in [0.25, 0.3) is 11.1 Å². The molecule has 1 saturated heterocycles. The third-order valence-electron chi connectivity index (χ3n) is 4.66. The molecular formula is C20H23N3O3. The van der Waals surface area contributed by atoms with Gasteiger partial charge in [-0.3, -0.25) is 9.78 Å². The average Bonchev–Trinajstić information content (AvgIpc) is 2.66. The van der Waals surface area contributed by atoms with Crippen molar-refractivity contribution in [3.8, 4) is 11.1 Å². The second kappa shape index (κ2) is 7.99. The number of piperidine rings is 1. The van der Waals surface area contributed by atoms with Crippen LogP contribution in [0.4, 0.5) is 4.79 Å². The van der Waals surface area contributed by atoms with E-state index in [-0.39, 0.29) is 18.5 Å². The molecule has 1 aliphatic rings. The van der Waals surface area contributed by atoms with Crippen molar-refractivity contribution in [3.63, 3.8) is 0 Å². The second-order valence-corrected chi connectivity index (χ2v) is 6.88. The molecule has 2 heterocycles. The number of carboxylic acid groups (broad SMARTS) is 1. The molecule has 1 aromatic carbocycles. The van der Waals surface area contributed by atoms with Gasteiger partial charge in [0.05, 0.1) is 5.92 Å². The standard InChI is InChI=1S/C20H23N3O3/c1-14-8-18(19(24)25)13-23(12-14)20(26)22-10-15-4-2-5-16(9-15)17-6-3-7-21-11-17/h2-7,9,11,14,18H,8,10,12-13H2,1H3,(H,22,26)(H,24,25). The van der Waals surface area contributed by atoms with Gasteiger partial charge >= 0.3 is 12.0 Å². The maximum atomic E-state index is 12.5. The zero-order chi connectivity index (χ0) is 18.5. The van der Waals surface area contributed by atoms with Gasteiger partial charge in [0.2, 0.25) is 0 Å². The van der Waals surface area contributed by atoms with Crippen molar-refractivity contribution in [1.29, 1.82) is 0 Å². The molecule has 3 rings (SSSR count). The largest absolute Gasteiger partial charge is 0.481 e. The Bertz CT molecular complexity index is 779. The number of nitrogens with one attached hydrogen (secondary N) is 1. The Morgan fingerprint density at radius 1 is 1.23 bits per heavy atom. The van der Waals surface area contributed by atoms with E-state index in [4.69, 9.17) is 0 Å². The number of likely N-dealkylation sites (tertiary alicyclic amines) is 1. The number of carbonyl (C=O) groups excluding carboxylic acids is 1. The van der Waals surface area contributed by atoms with Crippen LogP contribution in [0, 0.1) is 11.8 Å². The number of hydrogen-bond donors (Lipinski definition) is 2. The first kappa shape index (κ1) is 17.9. The monoisotopic (exact) mass is 353 g/mol. The number of pyridine rings is 1. The van der Waals surface area contributed by atoms with Crippen LogP contribution in [0.1, 0.15) is 18.9 Å². The topological polar surface area (TPSA) is 82.5 Å². The molecule has 6 nitrogen and oxygen atoms in total. The lowest BCUT2D eigenvalue weighted by Crippen LogP contribution is -2.49. The molecule has 6 heteroatoms. The Balaban J connectivity index is 1.62. The van der Waals surface area contributed by atoms with Crippen molar-refractivity contribution in [2.75, 3.05) is 13.1 Å². The molecule has 1 aromatic heterocycles. The highest BCUT2D eigenvalue weighted by molar-refractivity contribution is 5.76. The quantitative estimate of drug-likeness (QED) is 0.885. The number of amides is 2. The third-order valence-corrected chi connectivity index (χ3v) is 4.66. The third kappa shape index (κ3) is 4.39. The van der Waals surface area contributed by atoms with Crippen molar-refractivity contribution >= 4 is 12.0 Å². The zero-order valence-electron chi connectivity index (χ0n) is 14.8. The number of rotatable bonds is 4. The van der Waals surface area contributed by atoms with E-state index in [2.05, 4.69) is 10.3 Å². The lowest BCUT2D eigenvalue weighted by Gasteiger charge is -2.34. The number of carbonyl (C=O) groups is 2. The Hall–Kier alpha value is -2.89. The molecule has 1 aliphatic heterocycles. The van der Waals surface area contributed by atoms with Crippen LogP contribution < -0.4 is 5.32 Å². The van der Waals surface area contributed by atoms with Crippen molar-refractivity contribution in [1.82, 2.24) is 15.2 Å². The maximum Gasteiger partial charge on any atom is 0.317 e. The van der Waals surface area contributed by atoms with E-state index in [1.54, 1.807) is 17.3 Å². The fourth-order valence-corrected chi connectivity index (χ4v) is 3.38. The maximum absolute atomic E-state index is 12.5. The van der Waals surface area contributed by atoms with E-state index in [1.807, 2.05) is 43.3 Å². The molecule has 0 saturated carbocycles. The Morgan fingerprint density at radius 3 is 2.77 bits per heavy atom. The van der Waals surface area contributed by atoms with Crippen molar-refractivity contribution < 1.29 is 14.7 Å². The zero-order valence-corrected chi connectivity index (χ0v) is 14.8. The van der Waals surface area contributed by atoms with Crippen LogP contribution in [0.5, 0.6) is 0 Å². The summed E-state index contributed by atoms with van der Waals surface area (Å²) in [5.41, 5.74) is 3.05. The fraction of sp³-hybridized carbons (Fsp3) is 0.350. The smallest absolute Gasteiger partial charge is 0.317 e. The molecule has 0 bridgehead atoms. The van der Waals surface area contributed by atoms with E-state index in [9.17, 15) is 14.7 Å². The van der Waals surface area contributed by atoms with Crippen molar-refractivity contribution in [3.05, 3.63) is 54.4 Å². The van der Waals surface area contributed by atoms with Gasteiger partial charge in [-0.2, -0.15) is 0 Å². The van der Waals surface area contributed by atoms with E-state index >= 15 is 0 Å². The minimum absolute atomic E-state index is 0.185. The van der Waals surface area contributed by atoms with Gasteiger partial charge in [-0.25, -0.2) is 4.79 Å². The Labute approximate surface area is 152 Å². The van der Waals surface area contributed by atoms with Crippen LogP contribution in [-0.2, 0) is 11.3 Å². The highest BCUT2D eigenvalue weighted by Crippen LogP contribution is 2.22. The Morgan fingerprint density at radius 2 is 2.04 bits per heavy atom. The molecular weight excluding hydrogens is 330 g/mol. The molecule has 0 spiro atoms. The number of aliphatic carboxylic acids is 1. The minimum Gasteiger partial charge on any atom is -0.481 e. The van der Waals surface area contributed by atoms with Crippen LogP contribution in [0.3, 0.4) is 0 Å². The number of carboxylic acids is 1. The molecule has 2 atom stereocenters. The summed E-state index contributed by atoms with van der Waals surface area (Å²) in [6.45, 7) is 3.23. The van der Waals surface area contributed by atoms with Gasteiger partial charge < -0.3 is 15.3 Å². The van der Waals surface area contributed by atoms with E-state index in [1.165, 1.54) is 0 Å². The molecule has 0 radical (unpaired) electrons. The highest BCUT2D eigenvalue weighted by atomic mass is 16.4. The molecule has 136 valence electrons. The summed E-state index contributed by atoms with van der Waals surface area (Å²) in [4.78, 5) is 29.4. The van der Waals surface area contributed by atoms with Crippen LogP contribution >= 0.6 is 0 Å². The summed E-state index contributed by atoms with van der Waals surface area (Å²) in [5, 5.41) is 12.1. The summed E-state index contributed by atoms with van der Waals surface area (Å²) in [7, 11) is 0. The minimum atomic E-state index is -0.835. The number of nitrogens with zero attached hydrogens (tertiary/aromatic N) is 2. The normalized spacial score (nSPS) is 19.8. The summed E-state index contributed by atoms with van der Waals surface area (Å²) in [5.74, 6) is -1.14. The molecule has 0 aliphatic carbocycles. The first-order chi connectivity index (χ1) is 12.5. The average molecular weight is 353 g/mol. The summed E-state index contributed by atoms with van der Waals surface area (Å²) in [6.07, 6.45) is 4.16. The first-order valence-electron chi connectivity index (χ1n) is 8.78. The molecule has 2 N–H and O–H groups in total. The summed E-state index contributed by atoms with van der Waals surface area (Å²) < 4.78 is 0. The fourth-order valence-electron chi connectivity index (χ4n) is 3.38. The van der Waals surface area contributed by atoms with Crippen molar-refractivity contribution in [2.45, 2.75) is 19.9 Å². The predicted molar refractivity (Wildman–Crippen MR) is 98.4 cm³/mol. The van der Waals surface area contributed by atoms with Gasteiger partial charge in [-0.15, -0.1) is 0 Å². The predicted octanol–water partition coefficient (Wildman–Crippen LogP) is 3.00. The molecule has 2 unspecified atom stereocenters. The number of hydrogen-bond acceptors (Lipinski definition) is 3. The van der Waals surface area contributed by atoms with E-state index in [0.717, 1.165) is 16.7 Å². The van der Waals surface area contributed by atoms with Crippen LogP contribution in [-0.4, -0.2) is 40.1 Å². The summed E-state index contributed by atoms with van der Waals surface area (Å²) in [6, 6.07) is 11.6. The SMILES string of the molecule is CC1CC(C(=O)O)CN(C(=O)NCc2cccc(-c3cccnc3)c2)C1. The molecule has 2 aromatic rings. The highest BCUT2D eigenvalue weighted by Gasteiger charge is 2.31. The summed E-state index contributed by atoms with van der Waals surface area (Å²) >= 11 is 0. The van der Waals surface area contributed by atoms with Gasteiger partial charge in [0.1, 0.15) is 0 Å². The van der Waals surface area contributed by atoms with Gasteiger partial charge in [0.15, 0.2) is 0 Å². The lowest BCUT2D eigenvalue weighted by atomic mass is 9.91. The molecule has 2 amide bonds. The van der Waals surface area contributed by atoms with Crippen LogP contribution in [0.15, 0.2) is 48.8 Å². The van der Waals surface area contributed by atoms with E-state index in [0.29, 0.717) is 19.5 Å². The van der Waals surface area contributed by atoms with Crippen molar-refractivity contribution in [2.24, 2.45) is 11.8 Å². The van der Waals surface area contributed by atoms with E-state index < -0.39 is 11.9 Å². The second-order valence-electron chi connectivity index (χ2n) is 6.88. The van der Waals surface area contributed by atoms with Gasteiger partial charge in [-0.1, -0.05) is 31.2 Å². The van der Waals surface area contributed by atoms with Crippen LogP contribution in [0.2, 0.25) is 0 Å². The molecule has 1 fully saturated rings. The van der Waals surface area contributed by atoms with Gasteiger partial charge in [0.25, 0.3) is 0 Å². The lowest BCUT2D eigenvalue weighted by molar-refractivity contribution is -0.143. The Kier molecular flexibility index (Phi) is 5.51. The van der Waals surface area contributed by atoms with Gasteiger partial charge in [-0.05, 0) is 41.2 Å². The number of urea groups is 1. The number of aromatic nitrogens is 1.